The molecule has 1 amide bonds. The lowest BCUT2D eigenvalue weighted by molar-refractivity contribution is 0.0915. The predicted octanol–water partition coefficient (Wildman–Crippen LogP) is 1.94. The lowest BCUT2D eigenvalue weighted by atomic mass is 10.2. The highest BCUT2D eigenvalue weighted by molar-refractivity contribution is 5.91. The molecule has 1 aromatic heterocycles. The highest BCUT2D eigenvalue weighted by Gasteiger charge is 2.13. The van der Waals surface area contributed by atoms with Crippen LogP contribution in [0.15, 0.2) is 40.9 Å². The van der Waals surface area contributed by atoms with E-state index in [-0.39, 0.29) is 11.7 Å². The molecule has 0 radical (unpaired) electrons. The summed E-state index contributed by atoms with van der Waals surface area (Å²) in [5.41, 5.74) is 1.03. The standard InChI is InChI=1S/C16H21N3O3/c1-19(2)10-6-9-17-16(20)14-11-15(18-22-14)21-12-13-7-4-3-5-8-13/h3-5,7-8,11H,6,9-10,12H2,1-2H3,(H,17,20). The van der Waals surface area contributed by atoms with Crippen molar-refractivity contribution in [2.45, 2.75) is 13.0 Å². The molecule has 1 aromatic carbocycles. The van der Waals surface area contributed by atoms with Gasteiger partial charge in [0.25, 0.3) is 11.8 Å². The molecule has 1 N–H and O–H groups in total. The Morgan fingerprint density at radius 1 is 1.32 bits per heavy atom. The molecule has 0 aliphatic rings. The maximum Gasteiger partial charge on any atom is 0.290 e. The molecule has 0 atom stereocenters. The molecule has 22 heavy (non-hydrogen) atoms. The molecule has 0 spiro atoms. The zero-order chi connectivity index (χ0) is 15.8. The minimum Gasteiger partial charge on any atom is -0.471 e. The van der Waals surface area contributed by atoms with E-state index >= 15 is 0 Å². The molecule has 2 rings (SSSR count). The van der Waals surface area contributed by atoms with Crippen LogP contribution in [0.1, 0.15) is 22.5 Å². The summed E-state index contributed by atoms with van der Waals surface area (Å²) in [4.78, 5) is 13.9. The summed E-state index contributed by atoms with van der Waals surface area (Å²) in [6, 6.07) is 11.2. The van der Waals surface area contributed by atoms with Crippen LogP contribution in [0.4, 0.5) is 0 Å². The summed E-state index contributed by atoms with van der Waals surface area (Å²) in [6.45, 7) is 1.90. The predicted molar refractivity (Wildman–Crippen MR) is 82.8 cm³/mol. The highest BCUT2D eigenvalue weighted by atomic mass is 16.5. The highest BCUT2D eigenvalue weighted by Crippen LogP contribution is 2.13. The number of benzene rings is 1. The lowest BCUT2D eigenvalue weighted by Crippen LogP contribution is -2.26. The van der Waals surface area contributed by atoms with E-state index in [4.69, 9.17) is 9.26 Å². The second-order valence-corrected chi connectivity index (χ2v) is 5.22. The van der Waals surface area contributed by atoms with Gasteiger partial charge in [-0.2, -0.15) is 0 Å². The lowest BCUT2D eigenvalue weighted by Gasteiger charge is -2.08. The van der Waals surface area contributed by atoms with Crippen molar-refractivity contribution in [2.24, 2.45) is 0 Å². The number of ether oxygens (including phenoxy) is 1. The largest absolute Gasteiger partial charge is 0.471 e. The van der Waals surface area contributed by atoms with E-state index in [1.54, 1.807) is 0 Å². The van der Waals surface area contributed by atoms with E-state index in [2.05, 4.69) is 15.4 Å². The Kier molecular flexibility index (Phi) is 5.97. The smallest absolute Gasteiger partial charge is 0.290 e. The first-order valence-electron chi connectivity index (χ1n) is 7.21. The number of nitrogens with one attached hydrogen (secondary N) is 1. The van der Waals surface area contributed by atoms with Crippen molar-refractivity contribution >= 4 is 5.91 Å². The van der Waals surface area contributed by atoms with Gasteiger partial charge in [0, 0.05) is 6.54 Å². The van der Waals surface area contributed by atoms with E-state index in [9.17, 15) is 4.79 Å². The van der Waals surface area contributed by atoms with E-state index < -0.39 is 0 Å². The van der Waals surface area contributed by atoms with E-state index in [0.717, 1.165) is 18.5 Å². The summed E-state index contributed by atoms with van der Waals surface area (Å²) in [6.07, 6.45) is 0.879. The van der Waals surface area contributed by atoms with Crippen molar-refractivity contribution in [1.29, 1.82) is 0 Å². The summed E-state index contributed by atoms with van der Waals surface area (Å²) in [5.74, 6) is 0.191. The Labute approximate surface area is 130 Å². The fourth-order valence-electron chi connectivity index (χ4n) is 1.85. The van der Waals surface area contributed by atoms with E-state index in [0.29, 0.717) is 19.0 Å². The van der Waals surface area contributed by atoms with Crippen LogP contribution in [-0.4, -0.2) is 43.1 Å². The first kappa shape index (κ1) is 16.0. The zero-order valence-electron chi connectivity index (χ0n) is 12.9. The van der Waals surface area contributed by atoms with Crippen LogP contribution in [0.2, 0.25) is 0 Å². The molecule has 1 heterocycles. The van der Waals surface area contributed by atoms with Crippen molar-refractivity contribution in [3.63, 3.8) is 0 Å². The minimum atomic E-state index is -0.277. The fourth-order valence-corrected chi connectivity index (χ4v) is 1.85. The molecule has 0 unspecified atom stereocenters. The van der Waals surface area contributed by atoms with E-state index in [1.165, 1.54) is 6.07 Å². The molecule has 0 fully saturated rings. The second kappa shape index (κ2) is 8.19. The van der Waals surface area contributed by atoms with Gasteiger partial charge in [-0.15, -0.1) is 0 Å². The van der Waals surface area contributed by atoms with Gasteiger partial charge in [-0.1, -0.05) is 30.3 Å². The van der Waals surface area contributed by atoms with Crippen molar-refractivity contribution < 1.29 is 14.1 Å². The van der Waals surface area contributed by atoms with Crippen LogP contribution >= 0.6 is 0 Å². The number of rotatable bonds is 8. The summed E-state index contributed by atoms with van der Waals surface area (Å²) < 4.78 is 10.5. The Balaban J connectivity index is 1.77. The third-order valence-electron chi connectivity index (χ3n) is 3.01. The quantitative estimate of drug-likeness (QED) is 0.755. The average molecular weight is 303 g/mol. The third kappa shape index (κ3) is 5.21. The van der Waals surface area contributed by atoms with Gasteiger partial charge in [0.2, 0.25) is 5.76 Å². The molecule has 0 saturated carbocycles. The van der Waals surface area contributed by atoms with Crippen LogP contribution in [-0.2, 0) is 6.61 Å². The maximum absolute atomic E-state index is 11.9. The van der Waals surface area contributed by atoms with Crippen LogP contribution in [0.5, 0.6) is 5.88 Å². The minimum absolute atomic E-state index is 0.160. The van der Waals surface area contributed by atoms with Gasteiger partial charge in [0.05, 0.1) is 6.07 Å². The number of amides is 1. The van der Waals surface area contributed by atoms with Crippen molar-refractivity contribution in [3.8, 4) is 5.88 Å². The molecular formula is C16H21N3O3. The molecule has 0 bridgehead atoms. The molecule has 0 aliphatic heterocycles. The SMILES string of the molecule is CN(C)CCCNC(=O)c1cc(OCc2ccccc2)no1. The van der Waals surface area contributed by atoms with Gasteiger partial charge in [0.1, 0.15) is 6.61 Å². The molecule has 0 aliphatic carbocycles. The number of aromatic nitrogens is 1. The fraction of sp³-hybridized carbons (Fsp3) is 0.375. The van der Waals surface area contributed by atoms with Crippen molar-refractivity contribution in [1.82, 2.24) is 15.4 Å². The van der Waals surface area contributed by atoms with Crippen LogP contribution in [0.25, 0.3) is 0 Å². The number of carbonyl (C=O) groups excluding carboxylic acids is 1. The van der Waals surface area contributed by atoms with Crippen molar-refractivity contribution in [3.05, 3.63) is 47.7 Å². The average Bonchev–Trinajstić information content (AvgIpc) is 2.99. The van der Waals surface area contributed by atoms with Gasteiger partial charge in [-0.05, 0) is 37.8 Å². The number of carbonyl (C=O) groups is 1. The van der Waals surface area contributed by atoms with Crippen molar-refractivity contribution in [2.75, 3.05) is 27.2 Å². The number of nitrogens with zero attached hydrogens (tertiary/aromatic N) is 2. The topological polar surface area (TPSA) is 67.6 Å². The second-order valence-electron chi connectivity index (χ2n) is 5.22. The van der Waals surface area contributed by atoms with Crippen LogP contribution in [0, 0.1) is 0 Å². The first-order valence-corrected chi connectivity index (χ1v) is 7.21. The molecule has 6 nitrogen and oxygen atoms in total. The maximum atomic E-state index is 11.9. The van der Waals surface area contributed by atoms with Crippen LogP contribution in [0.3, 0.4) is 0 Å². The summed E-state index contributed by atoms with van der Waals surface area (Å²) >= 11 is 0. The Morgan fingerprint density at radius 2 is 2.09 bits per heavy atom. The molecule has 6 heteroatoms. The summed E-state index contributed by atoms with van der Waals surface area (Å²) in [7, 11) is 3.99. The Bertz CT molecular complexity index is 581. The van der Waals surface area contributed by atoms with Gasteiger partial charge in [-0.3, -0.25) is 4.79 Å². The van der Waals surface area contributed by atoms with E-state index in [1.807, 2.05) is 44.4 Å². The van der Waals surface area contributed by atoms with Gasteiger partial charge in [-0.25, -0.2) is 0 Å². The van der Waals surface area contributed by atoms with Gasteiger partial charge < -0.3 is 19.5 Å². The summed E-state index contributed by atoms with van der Waals surface area (Å²) in [5, 5.41) is 6.53. The van der Waals surface area contributed by atoms with Crippen LogP contribution < -0.4 is 10.1 Å². The first-order chi connectivity index (χ1) is 10.6. The van der Waals surface area contributed by atoms with Gasteiger partial charge in [0.15, 0.2) is 0 Å². The Morgan fingerprint density at radius 3 is 2.82 bits per heavy atom. The molecule has 2 aromatic rings. The number of hydrogen-bond acceptors (Lipinski definition) is 5. The zero-order valence-corrected chi connectivity index (χ0v) is 12.9. The van der Waals surface area contributed by atoms with Gasteiger partial charge >= 0.3 is 0 Å². The molecule has 0 saturated heterocycles. The normalized spacial score (nSPS) is 10.7. The monoisotopic (exact) mass is 303 g/mol. The molecular weight excluding hydrogens is 282 g/mol. The number of hydrogen-bond donors (Lipinski definition) is 1. The molecule has 118 valence electrons. The third-order valence-corrected chi connectivity index (χ3v) is 3.01. The Hall–Kier alpha value is -2.34.